The zero-order chi connectivity index (χ0) is 10.4. The molecule has 2 heterocycles. The van der Waals surface area contributed by atoms with Crippen LogP contribution in [-0.4, -0.2) is 19.8 Å². The lowest BCUT2D eigenvalue weighted by Gasteiger charge is -2.43. The van der Waals surface area contributed by atoms with Crippen LogP contribution >= 0.6 is 0 Å². The number of ether oxygens (including phenoxy) is 1. The van der Waals surface area contributed by atoms with Crippen LogP contribution in [-0.2, 0) is 4.74 Å². The highest BCUT2D eigenvalue weighted by atomic mass is 16.5. The minimum Gasteiger partial charge on any atom is -0.388 e. The van der Waals surface area contributed by atoms with E-state index < -0.39 is 0 Å². The fourth-order valence-electron chi connectivity index (χ4n) is 2.53. The van der Waals surface area contributed by atoms with Gasteiger partial charge in [0.05, 0.1) is 13.2 Å². The van der Waals surface area contributed by atoms with Crippen LogP contribution in [0.1, 0.15) is 27.2 Å². The molecule has 0 aromatic heterocycles. The average Bonchev–Trinajstić information content (AvgIpc) is 2.25. The molecule has 0 bridgehead atoms. The molecule has 0 aromatic rings. The van der Waals surface area contributed by atoms with E-state index in [-0.39, 0.29) is 0 Å². The maximum atomic E-state index is 5.37. The molecule has 2 saturated heterocycles. The van der Waals surface area contributed by atoms with Crippen molar-refractivity contribution in [3.05, 3.63) is 12.3 Å². The molecule has 1 spiro atoms. The predicted molar refractivity (Wildman–Crippen MR) is 58.0 cm³/mol. The van der Waals surface area contributed by atoms with Crippen molar-refractivity contribution < 1.29 is 4.74 Å². The lowest BCUT2D eigenvalue weighted by atomic mass is 9.69. The summed E-state index contributed by atoms with van der Waals surface area (Å²) in [4.78, 5) is 0. The number of rotatable bonds is 1. The molecule has 2 nitrogen and oxygen atoms in total. The molecule has 14 heavy (non-hydrogen) atoms. The van der Waals surface area contributed by atoms with Crippen molar-refractivity contribution >= 4 is 0 Å². The topological polar surface area (TPSA) is 21.3 Å². The summed E-state index contributed by atoms with van der Waals surface area (Å²) in [5.41, 5.74) is 1.98. The van der Waals surface area contributed by atoms with Crippen LogP contribution in [0.25, 0.3) is 0 Å². The molecule has 1 N–H and O–H groups in total. The Hall–Kier alpha value is -0.500. The first-order chi connectivity index (χ1) is 6.43. The second kappa shape index (κ2) is 2.99. The molecular weight excluding hydrogens is 174 g/mol. The second-order valence-corrected chi connectivity index (χ2v) is 6.05. The van der Waals surface area contributed by atoms with Gasteiger partial charge in [0.25, 0.3) is 0 Å². The summed E-state index contributed by atoms with van der Waals surface area (Å²) in [6, 6.07) is 0. The lowest BCUT2D eigenvalue weighted by molar-refractivity contribution is -0.127. The largest absolute Gasteiger partial charge is 0.388 e. The first-order valence-electron chi connectivity index (χ1n) is 5.43. The van der Waals surface area contributed by atoms with Crippen molar-refractivity contribution in [1.29, 1.82) is 0 Å². The van der Waals surface area contributed by atoms with E-state index in [0.717, 1.165) is 19.8 Å². The van der Waals surface area contributed by atoms with E-state index in [1.165, 1.54) is 12.1 Å². The van der Waals surface area contributed by atoms with Crippen LogP contribution in [0.4, 0.5) is 0 Å². The monoisotopic (exact) mass is 195 g/mol. The minimum absolute atomic E-state index is 0.377. The van der Waals surface area contributed by atoms with Crippen molar-refractivity contribution in [3.63, 3.8) is 0 Å². The van der Waals surface area contributed by atoms with E-state index in [0.29, 0.717) is 16.7 Å². The number of hydrogen-bond acceptors (Lipinski definition) is 2. The Balaban J connectivity index is 2.10. The molecule has 2 aliphatic rings. The first kappa shape index (κ1) is 10.0. The van der Waals surface area contributed by atoms with E-state index in [9.17, 15) is 0 Å². The highest BCUT2D eigenvalue weighted by Crippen LogP contribution is 2.47. The van der Waals surface area contributed by atoms with Gasteiger partial charge in [-0.25, -0.2) is 0 Å². The molecule has 1 atom stereocenters. The quantitative estimate of drug-likeness (QED) is 0.692. The van der Waals surface area contributed by atoms with Gasteiger partial charge in [0.15, 0.2) is 0 Å². The van der Waals surface area contributed by atoms with Gasteiger partial charge in [0.1, 0.15) is 0 Å². The summed E-state index contributed by atoms with van der Waals surface area (Å²) < 4.78 is 5.37. The van der Waals surface area contributed by atoms with Crippen LogP contribution < -0.4 is 5.32 Å². The van der Waals surface area contributed by atoms with Gasteiger partial charge in [0.2, 0.25) is 0 Å². The molecule has 80 valence electrons. The fraction of sp³-hybridized carbons (Fsp3) is 0.833. The van der Waals surface area contributed by atoms with Gasteiger partial charge in [-0.05, 0) is 11.8 Å². The van der Waals surface area contributed by atoms with Crippen LogP contribution in [0, 0.1) is 16.7 Å². The summed E-state index contributed by atoms with van der Waals surface area (Å²) in [6.45, 7) is 13.9. The van der Waals surface area contributed by atoms with Crippen LogP contribution in [0.5, 0.6) is 0 Å². The Morgan fingerprint density at radius 3 is 2.57 bits per heavy atom. The molecule has 0 amide bonds. The predicted octanol–water partition coefficient (Wildman–Crippen LogP) is 2.17. The second-order valence-electron chi connectivity index (χ2n) is 6.05. The summed E-state index contributed by atoms with van der Waals surface area (Å²) in [7, 11) is 0. The van der Waals surface area contributed by atoms with E-state index in [1.54, 1.807) is 0 Å². The Kier molecular flexibility index (Phi) is 2.15. The van der Waals surface area contributed by atoms with Gasteiger partial charge >= 0.3 is 0 Å². The summed E-state index contributed by atoms with van der Waals surface area (Å²) in [5, 5.41) is 3.41. The van der Waals surface area contributed by atoms with Gasteiger partial charge in [-0.15, -0.1) is 0 Å². The molecule has 0 aliphatic carbocycles. The summed E-state index contributed by atoms with van der Waals surface area (Å²) >= 11 is 0. The minimum atomic E-state index is 0.377. The van der Waals surface area contributed by atoms with Crippen LogP contribution in [0.2, 0.25) is 0 Å². The number of allylic oxidation sites excluding steroid dienone is 1. The Bertz CT molecular complexity index is 248. The summed E-state index contributed by atoms with van der Waals surface area (Å²) in [5.74, 6) is 0.608. The molecule has 1 unspecified atom stereocenters. The third kappa shape index (κ3) is 1.56. The fourth-order valence-corrected chi connectivity index (χ4v) is 2.53. The maximum Gasteiger partial charge on any atom is 0.0568 e. The molecule has 2 fully saturated rings. The number of nitrogens with one attached hydrogen (secondary N) is 1. The molecular formula is C12H21NO. The molecule has 0 radical (unpaired) electrons. The Morgan fingerprint density at radius 2 is 2.14 bits per heavy atom. The molecule has 2 rings (SSSR count). The molecule has 0 saturated carbocycles. The van der Waals surface area contributed by atoms with E-state index in [2.05, 4.69) is 32.7 Å². The normalized spacial score (nSPS) is 30.2. The van der Waals surface area contributed by atoms with Gasteiger partial charge in [-0.2, -0.15) is 0 Å². The Labute approximate surface area is 86.7 Å². The SMILES string of the molecule is C=C1NCC2(COC2)C1CC(C)(C)C. The van der Waals surface area contributed by atoms with Crippen molar-refractivity contribution in [2.45, 2.75) is 27.2 Å². The van der Waals surface area contributed by atoms with Crippen molar-refractivity contribution in [1.82, 2.24) is 5.32 Å². The van der Waals surface area contributed by atoms with E-state index >= 15 is 0 Å². The zero-order valence-corrected chi connectivity index (χ0v) is 9.52. The first-order valence-corrected chi connectivity index (χ1v) is 5.43. The van der Waals surface area contributed by atoms with Crippen LogP contribution in [0.3, 0.4) is 0 Å². The average molecular weight is 195 g/mol. The van der Waals surface area contributed by atoms with Crippen LogP contribution in [0.15, 0.2) is 12.3 Å². The molecule has 0 aromatic carbocycles. The van der Waals surface area contributed by atoms with E-state index in [4.69, 9.17) is 4.74 Å². The van der Waals surface area contributed by atoms with E-state index in [1.807, 2.05) is 0 Å². The highest BCUT2D eigenvalue weighted by Gasteiger charge is 2.51. The standard InChI is InChI=1S/C12H21NO/c1-9-10(5-11(2,3)4)12(6-13-9)7-14-8-12/h10,13H,1,5-8H2,2-4H3. The van der Waals surface area contributed by atoms with Crippen molar-refractivity contribution in [2.75, 3.05) is 19.8 Å². The molecule has 2 heteroatoms. The number of hydrogen-bond donors (Lipinski definition) is 1. The van der Waals surface area contributed by atoms with Gasteiger partial charge in [-0.1, -0.05) is 27.4 Å². The van der Waals surface area contributed by atoms with Crippen molar-refractivity contribution in [2.24, 2.45) is 16.7 Å². The zero-order valence-electron chi connectivity index (χ0n) is 9.52. The maximum absolute atomic E-state index is 5.37. The van der Waals surface area contributed by atoms with Gasteiger partial charge in [0, 0.05) is 23.6 Å². The third-order valence-corrected chi connectivity index (χ3v) is 3.42. The highest BCUT2D eigenvalue weighted by molar-refractivity contribution is 5.16. The van der Waals surface area contributed by atoms with Gasteiger partial charge < -0.3 is 10.1 Å². The van der Waals surface area contributed by atoms with Crippen molar-refractivity contribution in [3.8, 4) is 0 Å². The summed E-state index contributed by atoms with van der Waals surface area (Å²) in [6.07, 6.45) is 1.21. The third-order valence-electron chi connectivity index (χ3n) is 3.42. The smallest absolute Gasteiger partial charge is 0.0568 e. The van der Waals surface area contributed by atoms with Gasteiger partial charge in [-0.3, -0.25) is 0 Å². The Morgan fingerprint density at radius 1 is 1.50 bits per heavy atom. The lowest BCUT2D eigenvalue weighted by Crippen LogP contribution is -2.49. The molecule has 2 aliphatic heterocycles.